The zero-order chi connectivity index (χ0) is 9.97. The molecule has 72 valence electrons. The highest BCUT2D eigenvalue weighted by atomic mass is 16.5. The maximum atomic E-state index is 5.97. The molecular formula is C11H14BNO. The second-order valence-electron chi connectivity index (χ2n) is 3.66. The molecule has 0 aliphatic carbocycles. The smallest absolute Gasteiger partial charge is 0.116 e. The standard InChI is InChI=1S/C11H14BNO/c1-9-2-3-11(10(12)8-9)13-4-6-14-7-5-13/h2-3,8H,4-7H2,1H3. The quantitative estimate of drug-likeness (QED) is 0.597. The molecule has 3 heteroatoms. The maximum Gasteiger partial charge on any atom is 0.116 e. The summed E-state index contributed by atoms with van der Waals surface area (Å²) in [5.74, 6) is 0. The van der Waals surface area contributed by atoms with E-state index in [0.717, 1.165) is 37.5 Å². The third-order valence-electron chi connectivity index (χ3n) is 2.53. The Bertz CT molecular complexity index is 321. The molecule has 14 heavy (non-hydrogen) atoms. The number of ether oxygens (including phenoxy) is 1. The molecule has 0 atom stereocenters. The van der Waals surface area contributed by atoms with Crippen molar-refractivity contribution < 1.29 is 4.74 Å². The van der Waals surface area contributed by atoms with E-state index < -0.39 is 0 Å². The Balaban J connectivity index is 2.22. The van der Waals surface area contributed by atoms with Crippen molar-refractivity contribution in [2.75, 3.05) is 31.2 Å². The van der Waals surface area contributed by atoms with Crippen molar-refractivity contribution in [1.29, 1.82) is 0 Å². The minimum absolute atomic E-state index is 0.799. The molecule has 0 bridgehead atoms. The lowest BCUT2D eigenvalue weighted by Gasteiger charge is -2.30. The molecule has 1 fully saturated rings. The van der Waals surface area contributed by atoms with Crippen LogP contribution in [-0.2, 0) is 4.74 Å². The van der Waals surface area contributed by atoms with E-state index in [1.54, 1.807) is 0 Å². The van der Waals surface area contributed by atoms with Crippen LogP contribution >= 0.6 is 0 Å². The number of aryl methyl sites for hydroxylation is 1. The van der Waals surface area contributed by atoms with Gasteiger partial charge in [0.2, 0.25) is 0 Å². The van der Waals surface area contributed by atoms with Gasteiger partial charge in [-0.1, -0.05) is 23.2 Å². The summed E-state index contributed by atoms with van der Waals surface area (Å²) in [4.78, 5) is 2.28. The highest BCUT2D eigenvalue weighted by molar-refractivity contribution is 6.36. The van der Waals surface area contributed by atoms with Gasteiger partial charge in [-0.3, -0.25) is 0 Å². The van der Waals surface area contributed by atoms with Crippen LogP contribution in [0.1, 0.15) is 5.56 Å². The van der Waals surface area contributed by atoms with Gasteiger partial charge in [0.25, 0.3) is 0 Å². The van der Waals surface area contributed by atoms with E-state index in [1.807, 2.05) is 6.07 Å². The predicted octanol–water partition coefficient (Wildman–Crippen LogP) is 0.625. The Morgan fingerprint density at radius 3 is 2.64 bits per heavy atom. The van der Waals surface area contributed by atoms with Crippen molar-refractivity contribution in [1.82, 2.24) is 0 Å². The van der Waals surface area contributed by atoms with E-state index >= 15 is 0 Å². The zero-order valence-electron chi connectivity index (χ0n) is 8.49. The van der Waals surface area contributed by atoms with Crippen LogP contribution in [0.2, 0.25) is 0 Å². The SMILES string of the molecule is [B]c1cc(C)ccc1N1CCOCC1. The van der Waals surface area contributed by atoms with Gasteiger partial charge >= 0.3 is 0 Å². The molecule has 0 saturated carbocycles. The molecule has 2 rings (SSSR count). The molecule has 1 aromatic carbocycles. The Labute approximate surface area is 86.3 Å². The number of morpholine rings is 1. The van der Waals surface area contributed by atoms with Crippen molar-refractivity contribution in [3.63, 3.8) is 0 Å². The van der Waals surface area contributed by atoms with E-state index in [1.165, 1.54) is 5.56 Å². The van der Waals surface area contributed by atoms with Crippen LogP contribution in [0.25, 0.3) is 0 Å². The molecule has 0 amide bonds. The fourth-order valence-electron chi connectivity index (χ4n) is 1.77. The van der Waals surface area contributed by atoms with Gasteiger partial charge in [-0.25, -0.2) is 0 Å². The normalized spacial score (nSPS) is 17.1. The number of hydrogen-bond donors (Lipinski definition) is 0. The first-order valence-corrected chi connectivity index (χ1v) is 4.96. The summed E-state index contributed by atoms with van der Waals surface area (Å²) in [6.07, 6.45) is 0. The van der Waals surface area contributed by atoms with Crippen molar-refractivity contribution in [3.05, 3.63) is 23.8 Å². The van der Waals surface area contributed by atoms with Gasteiger partial charge in [-0.15, -0.1) is 0 Å². The fourth-order valence-corrected chi connectivity index (χ4v) is 1.77. The van der Waals surface area contributed by atoms with Crippen molar-refractivity contribution in [2.45, 2.75) is 6.92 Å². The Hall–Kier alpha value is -0.955. The monoisotopic (exact) mass is 187 g/mol. The van der Waals surface area contributed by atoms with E-state index in [-0.39, 0.29) is 0 Å². The summed E-state index contributed by atoms with van der Waals surface area (Å²) in [6.45, 7) is 5.53. The van der Waals surface area contributed by atoms with Crippen LogP contribution in [0.15, 0.2) is 18.2 Å². The average molecular weight is 187 g/mol. The molecule has 0 N–H and O–H groups in total. The second kappa shape index (κ2) is 4.05. The van der Waals surface area contributed by atoms with Crippen molar-refractivity contribution in [3.8, 4) is 0 Å². The van der Waals surface area contributed by atoms with Crippen molar-refractivity contribution in [2.24, 2.45) is 0 Å². The van der Waals surface area contributed by atoms with E-state index in [2.05, 4.69) is 24.0 Å². The summed E-state index contributed by atoms with van der Waals surface area (Å²) in [6, 6.07) is 6.21. The Morgan fingerprint density at radius 2 is 2.00 bits per heavy atom. The van der Waals surface area contributed by atoms with Crippen molar-refractivity contribution >= 4 is 19.0 Å². The Morgan fingerprint density at radius 1 is 1.29 bits per heavy atom. The molecule has 0 spiro atoms. The third-order valence-corrected chi connectivity index (χ3v) is 2.53. The molecule has 0 unspecified atom stereocenters. The predicted molar refractivity (Wildman–Crippen MR) is 59.6 cm³/mol. The highest BCUT2D eigenvalue weighted by Gasteiger charge is 2.12. The largest absolute Gasteiger partial charge is 0.378 e. The molecular weight excluding hydrogens is 173 g/mol. The van der Waals surface area contributed by atoms with Crippen LogP contribution < -0.4 is 10.4 Å². The number of hydrogen-bond acceptors (Lipinski definition) is 2. The Kier molecular flexibility index (Phi) is 2.78. The summed E-state index contributed by atoms with van der Waals surface area (Å²) in [5.41, 5.74) is 3.21. The summed E-state index contributed by atoms with van der Waals surface area (Å²) < 4.78 is 5.30. The van der Waals surface area contributed by atoms with Gasteiger partial charge in [0, 0.05) is 18.8 Å². The van der Waals surface area contributed by atoms with Crippen LogP contribution in [0, 0.1) is 6.92 Å². The lowest BCUT2D eigenvalue weighted by Crippen LogP contribution is -2.38. The summed E-state index contributed by atoms with van der Waals surface area (Å²) in [7, 11) is 5.97. The first-order chi connectivity index (χ1) is 6.77. The van der Waals surface area contributed by atoms with Gasteiger partial charge in [0.1, 0.15) is 7.85 Å². The van der Waals surface area contributed by atoms with E-state index in [0.29, 0.717) is 0 Å². The zero-order valence-corrected chi connectivity index (χ0v) is 8.49. The van der Waals surface area contributed by atoms with E-state index in [4.69, 9.17) is 12.6 Å². The van der Waals surface area contributed by atoms with Gasteiger partial charge in [0.15, 0.2) is 0 Å². The van der Waals surface area contributed by atoms with Crippen LogP contribution in [0.4, 0.5) is 5.69 Å². The summed E-state index contributed by atoms with van der Waals surface area (Å²) in [5, 5.41) is 0. The topological polar surface area (TPSA) is 12.5 Å². The van der Waals surface area contributed by atoms with Crippen LogP contribution in [0.3, 0.4) is 0 Å². The third kappa shape index (κ3) is 1.93. The number of rotatable bonds is 1. The van der Waals surface area contributed by atoms with Gasteiger partial charge in [-0.05, 0) is 13.0 Å². The van der Waals surface area contributed by atoms with Gasteiger partial charge in [0.05, 0.1) is 13.2 Å². The number of nitrogens with zero attached hydrogens (tertiary/aromatic N) is 1. The van der Waals surface area contributed by atoms with Crippen LogP contribution in [-0.4, -0.2) is 34.1 Å². The summed E-state index contributed by atoms with van der Waals surface area (Å²) >= 11 is 0. The minimum atomic E-state index is 0.799. The maximum absolute atomic E-state index is 5.97. The molecule has 2 nitrogen and oxygen atoms in total. The minimum Gasteiger partial charge on any atom is -0.378 e. The molecule has 1 heterocycles. The number of benzene rings is 1. The van der Waals surface area contributed by atoms with E-state index in [9.17, 15) is 0 Å². The molecule has 1 aromatic rings. The van der Waals surface area contributed by atoms with Gasteiger partial charge in [-0.2, -0.15) is 0 Å². The first-order valence-electron chi connectivity index (χ1n) is 4.96. The molecule has 1 aliphatic rings. The second-order valence-corrected chi connectivity index (χ2v) is 3.66. The lowest BCUT2D eigenvalue weighted by molar-refractivity contribution is 0.123. The highest BCUT2D eigenvalue weighted by Crippen LogP contribution is 2.13. The fraction of sp³-hybridized carbons (Fsp3) is 0.455. The molecule has 1 saturated heterocycles. The molecule has 2 radical (unpaired) electrons. The van der Waals surface area contributed by atoms with Gasteiger partial charge < -0.3 is 9.64 Å². The lowest BCUT2D eigenvalue weighted by atomic mass is 9.91. The molecule has 0 aromatic heterocycles. The number of anilines is 1. The average Bonchev–Trinajstić information content (AvgIpc) is 2.19. The first kappa shape index (κ1) is 9.59. The molecule has 1 aliphatic heterocycles. The van der Waals surface area contributed by atoms with Crippen LogP contribution in [0.5, 0.6) is 0 Å².